The highest BCUT2D eigenvalue weighted by Crippen LogP contribution is 2.24. The molecule has 1 amide bonds. The van der Waals surface area contributed by atoms with Gasteiger partial charge in [-0.05, 0) is 36.2 Å². The first-order valence-corrected chi connectivity index (χ1v) is 6.84. The molecule has 2 aromatic rings. The Balaban J connectivity index is 2.35. The molecule has 2 aromatic carbocycles. The van der Waals surface area contributed by atoms with Gasteiger partial charge in [0.05, 0.1) is 0 Å². The summed E-state index contributed by atoms with van der Waals surface area (Å²) >= 11 is 0. The summed E-state index contributed by atoms with van der Waals surface area (Å²) in [5.41, 5.74) is 1.33. The second-order valence-corrected chi connectivity index (χ2v) is 4.93. The molecule has 0 atom stereocenters. The summed E-state index contributed by atoms with van der Waals surface area (Å²) in [5.74, 6) is -1.37. The zero-order chi connectivity index (χ0) is 15.4. The van der Waals surface area contributed by atoms with E-state index in [1.165, 1.54) is 12.1 Å². The maximum Gasteiger partial charge on any atom is 0.253 e. The first kappa shape index (κ1) is 15.2. The SMILES string of the molecule is CCCN(C)C(=O)c1cccc(-c2ccc(F)cc2F)c1. The average molecular weight is 289 g/mol. The van der Waals surface area contributed by atoms with E-state index >= 15 is 0 Å². The smallest absolute Gasteiger partial charge is 0.253 e. The Morgan fingerprint density at radius 1 is 1.14 bits per heavy atom. The molecule has 0 saturated carbocycles. The van der Waals surface area contributed by atoms with Crippen molar-refractivity contribution >= 4 is 5.91 Å². The van der Waals surface area contributed by atoms with Crippen molar-refractivity contribution in [1.29, 1.82) is 0 Å². The van der Waals surface area contributed by atoms with Crippen LogP contribution < -0.4 is 0 Å². The predicted octanol–water partition coefficient (Wildman–Crippen LogP) is 4.11. The lowest BCUT2D eigenvalue weighted by atomic mass is 10.0. The van der Waals surface area contributed by atoms with E-state index in [0.717, 1.165) is 12.5 Å². The highest BCUT2D eigenvalue weighted by atomic mass is 19.1. The van der Waals surface area contributed by atoms with E-state index in [2.05, 4.69) is 0 Å². The Labute approximate surface area is 123 Å². The topological polar surface area (TPSA) is 20.3 Å². The molecule has 0 unspecified atom stereocenters. The molecule has 21 heavy (non-hydrogen) atoms. The molecule has 0 aliphatic heterocycles. The quantitative estimate of drug-likeness (QED) is 0.829. The van der Waals surface area contributed by atoms with Crippen LogP contribution in [0.1, 0.15) is 23.7 Å². The van der Waals surface area contributed by atoms with E-state index in [1.54, 1.807) is 36.2 Å². The lowest BCUT2D eigenvalue weighted by Crippen LogP contribution is -2.27. The Kier molecular flexibility index (Phi) is 4.68. The molecule has 110 valence electrons. The maximum atomic E-state index is 13.8. The van der Waals surface area contributed by atoms with Crippen molar-refractivity contribution in [1.82, 2.24) is 4.90 Å². The molecule has 0 radical (unpaired) electrons. The second-order valence-electron chi connectivity index (χ2n) is 4.93. The predicted molar refractivity (Wildman–Crippen MR) is 79.0 cm³/mol. The van der Waals surface area contributed by atoms with E-state index in [-0.39, 0.29) is 11.5 Å². The molecule has 0 N–H and O–H groups in total. The Morgan fingerprint density at radius 2 is 1.90 bits per heavy atom. The standard InChI is InChI=1S/C17H17F2NO/c1-3-9-20(2)17(21)13-6-4-5-12(10-13)15-8-7-14(18)11-16(15)19/h4-8,10-11H,3,9H2,1-2H3. The normalized spacial score (nSPS) is 10.5. The minimum atomic E-state index is -0.637. The van der Waals surface area contributed by atoms with E-state index in [9.17, 15) is 13.6 Å². The summed E-state index contributed by atoms with van der Waals surface area (Å²) in [5, 5.41) is 0. The van der Waals surface area contributed by atoms with E-state index in [4.69, 9.17) is 0 Å². The molecule has 0 aromatic heterocycles. The number of hydrogen-bond donors (Lipinski definition) is 0. The first-order valence-electron chi connectivity index (χ1n) is 6.84. The number of amides is 1. The lowest BCUT2D eigenvalue weighted by Gasteiger charge is -2.16. The zero-order valence-corrected chi connectivity index (χ0v) is 12.1. The zero-order valence-electron chi connectivity index (χ0n) is 12.1. The number of carbonyl (C=O) groups excluding carboxylic acids is 1. The first-order chi connectivity index (χ1) is 10.0. The van der Waals surface area contributed by atoms with Crippen molar-refractivity contribution in [3.05, 3.63) is 59.7 Å². The number of rotatable bonds is 4. The Morgan fingerprint density at radius 3 is 2.57 bits per heavy atom. The molecule has 0 heterocycles. The van der Waals surface area contributed by atoms with Crippen molar-refractivity contribution in [3.8, 4) is 11.1 Å². The van der Waals surface area contributed by atoms with Crippen LogP contribution in [-0.4, -0.2) is 24.4 Å². The summed E-state index contributed by atoms with van der Waals surface area (Å²) in [4.78, 5) is 13.9. The minimum Gasteiger partial charge on any atom is -0.342 e. The fourth-order valence-corrected chi connectivity index (χ4v) is 2.20. The largest absolute Gasteiger partial charge is 0.342 e. The Hall–Kier alpha value is -2.23. The summed E-state index contributed by atoms with van der Waals surface area (Å²) in [6.45, 7) is 2.65. The van der Waals surface area contributed by atoms with Crippen LogP contribution in [0.2, 0.25) is 0 Å². The Bertz CT molecular complexity index is 655. The summed E-state index contributed by atoms with van der Waals surface area (Å²) in [7, 11) is 1.73. The van der Waals surface area contributed by atoms with Crippen LogP contribution in [-0.2, 0) is 0 Å². The number of nitrogens with zero attached hydrogens (tertiary/aromatic N) is 1. The molecule has 0 saturated heterocycles. The molecule has 0 fully saturated rings. The molecule has 0 spiro atoms. The highest BCUT2D eigenvalue weighted by molar-refractivity contribution is 5.95. The van der Waals surface area contributed by atoms with E-state index < -0.39 is 11.6 Å². The summed E-state index contributed by atoms with van der Waals surface area (Å²) < 4.78 is 26.8. The van der Waals surface area contributed by atoms with Crippen LogP contribution in [0.3, 0.4) is 0 Å². The van der Waals surface area contributed by atoms with Crippen LogP contribution in [0.25, 0.3) is 11.1 Å². The highest BCUT2D eigenvalue weighted by Gasteiger charge is 2.13. The third-order valence-corrected chi connectivity index (χ3v) is 3.26. The molecule has 4 heteroatoms. The fourth-order valence-electron chi connectivity index (χ4n) is 2.20. The summed E-state index contributed by atoms with van der Waals surface area (Å²) in [6, 6.07) is 10.1. The van der Waals surface area contributed by atoms with Gasteiger partial charge in [0.2, 0.25) is 0 Å². The second kappa shape index (κ2) is 6.48. The van der Waals surface area contributed by atoms with Crippen molar-refractivity contribution < 1.29 is 13.6 Å². The summed E-state index contributed by atoms with van der Waals surface area (Å²) in [6.07, 6.45) is 0.870. The molecule has 0 bridgehead atoms. The van der Waals surface area contributed by atoms with Gasteiger partial charge in [-0.3, -0.25) is 4.79 Å². The average Bonchev–Trinajstić information content (AvgIpc) is 2.47. The monoisotopic (exact) mass is 289 g/mol. The van der Waals surface area contributed by atoms with Gasteiger partial charge in [0, 0.05) is 30.8 Å². The van der Waals surface area contributed by atoms with Gasteiger partial charge in [-0.25, -0.2) is 8.78 Å². The van der Waals surface area contributed by atoms with Crippen LogP contribution >= 0.6 is 0 Å². The lowest BCUT2D eigenvalue weighted by molar-refractivity contribution is 0.0795. The number of hydrogen-bond acceptors (Lipinski definition) is 1. The van der Waals surface area contributed by atoms with Gasteiger partial charge in [-0.1, -0.05) is 19.1 Å². The van der Waals surface area contributed by atoms with E-state index in [0.29, 0.717) is 17.7 Å². The van der Waals surface area contributed by atoms with Crippen LogP contribution in [0.5, 0.6) is 0 Å². The van der Waals surface area contributed by atoms with E-state index in [1.807, 2.05) is 6.92 Å². The fraction of sp³-hybridized carbons (Fsp3) is 0.235. The molecule has 0 aliphatic rings. The van der Waals surface area contributed by atoms with Gasteiger partial charge in [0.25, 0.3) is 5.91 Å². The van der Waals surface area contributed by atoms with Crippen LogP contribution in [0, 0.1) is 11.6 Å². The van der Waals surface area contributed by atoms with Gasteiger partial charge in [-0.2, -0.15) is 0 Å². The third-order valence-electron chi connectivity index (χ3n) is 3.26. The van der Waals surface area contributed by atoms with Crippen molar-refractivity contribution in [3.63, 3.8) is 0 Å². The van der Waals surface area contributed by atoms with Gasteiger partial charge in [-0.15, -0.1) is 0 Å². The minimum absolute atomic E-state index is 0.110. The van der Waals surface area contributed by atoms with Gasteiger partial charge >= 0.3 is 0 Å². The molecule has 0 aliphatic carbocycles. The maximum absolute atomic E-state index is 13.8. The molecular weight excluding hydrogens is 272 g/mol. The van der Waals surface area contributed by atoms with Crippen LogP contribution in [0.15, 0.2) is 42.5 Å². The third kappa shape index (κ3) is 3.45. The molecular formula is C17H17F2NO. The van der Waals surface area contributed by atoms with Crippen molar-refractivity contribution in [2.75, 3.05) is 13.6 Å². The molecule has 2 rings (SSSR count). The number of carbonyl (C=O) groups is 1. The number of benzene rings is 2. The van der Waals surface area contributed by atoms with Gasteiger partial charge < -0.3 is 4.90 Å². The van der Waals surface area contributed by atoms with Crippen molar-refractivity contribution in [2.24, 2.45) is 0 Å². The van der Waals surface area contributed by atoms with Crippen molar-refractivity contribution in [2.45, 2.75) is 13.3 Å². The van der Waals surface area contributed by atoms with Gasteiger partial charge in [0.1, 0.15) is 11.6 Å². The van der Waals surface area contributed by atoms with Gasteiger partial charge in [0.15, 0.2) is 0 Å². The number of halogens is 2. The van der Waals surface area contributed by atoms with Crippen LogP contribution in [0.4, 0.5) is 8.78 Å². The molecule has 2 nitrogen and oxygen atoms in total.